The minimum Gasteiger partial charge on any atom is -0.497 e. The van der Waals surface area contributed by atoms with Crippen LogP contribution in [0, 0.1) is 5.92 Å². The van der Waals surface area contributed by atoms with Crippen molar-refractivity contribution in [2.75, 3.05) is 18.2 Å². The van der Waals surface area contributed by atoms with Crippen LogP contribution in [0.5, 0.6) is 5.75 Å². The summed E-state index contributed by atoms with van der Waals surface area (Å²) in [5.41, 5.74) is 0.629. The fourth-order valence-corrected chi connectivity index (χ4v) is 2.75. The molecule has 3 rings (SSSR count). The Morgan fingerprint density at radius 1 is 1.17 bits per heavy atom. The van der Waals surface area contributed by atoms with Crippen molar-refractivity contribution in [1.82, 2.24) is 10.2 Å². The number of aromatic nitrogens is 2. The minimum atomic E-state index is -0.000568. The first-order valence-electron chi connectivity index (χ1n) is 7.60. The Hall–Kier alpha value is -2.41. The highest BCUT2D eigenvalue weighted by atomic mass is 32.2. The number of hydrogen-bond acceptors (Lipinski definition) is 6. The number of rotatable bonds is 7. The monoisotopic (exact) mass is 343 g/mol. The molecule has 2 aromatic rings. The van der Waals surface area contributed by atoms with E-state index in [1.807, 2.05) is 0 Å². The van der Waals surface area contributed by atoms with E-state index in [1.54, 1.807) is 43.5 Å². The van der Waals surface area contributed by atoms with Gasteiger partial charge in [0.25, 0.3) is 0 Å². The average molecular weight is 343 g/mol. The molecule has 1 amide bonds. The number of benzene rings is 1. The molecule has 0 unspecified atom stereocenters. The number of nitrogens with one attached hydrogen (secondary N) is 1. The lowest BCUT2D eigenvalue weighted by atomic mass is 10.1. The van der Waals surface area contributed by atoms with Gasteiger partial charge in [-0.05, 0) is 49.2 Å². The average Bonchev–Trinajstić information content (AvgIpc) is 3.46. The van der Waals surface area contributed by atoms with Gasteiger partial charge >= 0.3 is 0 Å². The minimum absolute atomic E-state index is 0.000568. The number of anilines is 1. The van der Waals surface area contributed by atoms with Gasteiger partial charge in [-0.2, -0.15) is 0 Å². The quantitative estimate of drug-likeness (QED) is 0.615. The molecule has 1 aromatic carbocycles. The van der Waals surface area contributed by atoms with Gasteiger partial charge < -0.3 is 10.1 Å². The zero-order valence-corrected chi connectivity index (χ0v) is 14.0. The number of nitrogens with zero attached hydrogens (tertiary/aromatic N) is 2. The predicted octanol–water partition coefficient (Wildman–Crippen LogP) is 2.81. The molecule has 124 valence electrons. The summed E-state index contributed by atoms with van der Waals surface area (Å²) < 4.78 is 5.07. The van der Waals surface area contributed by atoms with E-state index in [0.717, 1.165) is 12.8 Å². The smallest absolute Gasteiger partial charge is 0.228 e. The van der Waals surface area contributed by atoms with Gasteiger partial charge in [-0.25, -0.2) is 0 Å². The highest BCUT2D eigenvalue weighted by molar-refractivity contribution is 7.99. The van der Waals surface area contributed by atoms with Gasteiger partial charge in [0.05, 0.1) is 12.9 Å². The number of carbonyl (C=O) groups excluding carboxylic acids is 2. The van der Waals surface area contributed by atoms with Crippen LogP contribution >= 0.6 is 11.8 Å². The Bertz CT molecular complexity index is 728. The third-order valence-corrected chi connectivity index (χ3v) is 4.52. The van der Waals surface area contributed by atoms with Crippen LogP contribution in [0.3, 0.4) is 0 Å². The van der Waals surface area contributed by atoms with Crippen molar-refractivity contribution in [1.29, 1.82) is 0 Å². The number of thioether (sulfide) groups is 1. The SMILES string of the molecule is COc1ccc(C(=O)CSc2ccc(NC(=O)C3CC3)nn2)cc1. The lowest BCUT2D eigenvalue weighted by molar-refractivity contribution is -0.117. The molecule has 0 atom stereocenters. The maximum Gasteiger partial charge on any atom is 0.228 e. The Morgan fingerprint density at radius 3 is 2.50 bits per heavy atom. The first-order chi connectivity index (χ1) is 11.7. The van der Waals surface area contributed by atoms with Crippen molar-refractivity contribution in [2.45, 2.75) is 17.9 Å². The molecule has 0 spiro atoms. The summed E-state index contributed by atoms with van der Waals surface area (Å²) in [6.45, 7) is 0. The molecule has 1 N–H and O–H groups in total. The van der Waals surface area contributed by atoms with Crippen LogP contribution in [0.1, 0.15) is 23.2 Å². The van der Waals surface area contributed by atoms with Crippen LogP contribution in [-0.2, 0) is 4.79 Å². The molecule has 7 heteroatoms. The fourth-order valence-electron chi connectivity index (χ4n) is 2.04. The Kier molecular flexibility index (Phi) is 5.10. The van der Waals surface area contributed by atoms with Gasteiger partial charge in [-0.1, -0.05) is 11.8 Å². The molecule has 1 fully saturated rings. The van der Waals surface area contributed by atoms with Crippen molar-refractivity contribution >= 4 is 29.3 Å². The summed E-state index contributed by atoms with van der Waals surface area (Å²) in [5, 5.41) is 11.4. The van der Waals surface area contributed by atoms with Crippen LogP contribution in [-0.4, -0.2) is 34.8 Å². The highest BCUT2D eigenvalue weighted by Gasteiger charge is 2.29. The molecule has 0 saturated heterocycles. The fraction of sp³-hybridized carbons (Fsp3) is 0.294. The number of methoxy groups -OCH3 is 1. The van der Waals surface area contributed by atoms with Gasteiger partial charge in [0, 0.05) is 11.5 Å². The molecule has 1 aromatic heterocycles. The number of Topliss-reactive ketones (excluding diaryl/α,β-unsaturated/α-hetero) is 1. The van der Waals surface area contributed by atoms with Crippen molar-refractivity contribution in [3.05, 3.63) is 42.0 Å². The van der Waals surface area contributed by atoms with Crippen LogP contribution < -0.4 is 10.1 Å². The van der Waals surface area contributed by atoms with Crippen LogP contribution in [0.2, 0.25) is 0 Å². The lowest BCUT2D eigenvalue weighted by Gasteiger charge is -2.04. The topological polar surface area (TPSA) is 81.2 Å². The summed E-state index contributed by atoms with van der Waals surface area (Å²) in [7, 11) is 1.59. The second-order valence-electron chi connectivity index (χ2n) is 5.46. The van der Waals surface area contributed by atoms with E-state index < -0.39 is 0 Å². The highest BCUT2D eigenvalue weighted by Crippen LogP contribution is 2.30. The number of hydrogen-bond donors (Lipinski definition) is 1. The second kappa shape index (κ2) is 7.44. The molecule has 1 saturated carbocycles. The molecule has 0 aliphatic heterocycles. The third-order valence-electron chi connectivity index (χ3n) is 3.60. The summed E-state index contributed by atoms with van der Waals surface area (Å²) in [5.74, 6) is 1.57. The maximum absolute atomic E-state index is 12.1. The molecular formula is C17H17N3O3S. The van der Waals surface area contributed by atoms with Crippen molar-refractivity contribution in [3.63, 3.8) is 0 Å². The lowest BCUT2D eigenvalue weighted by Crippen LogP contribution is -2.14. The van der Waals surface area contributed by atoms with Crippen LogP contribution in [0.15, 0.2) is 41.4 Å². The molecule has 0 radical (unpaired) electrons. The number of amides is 1. The Morgan fingerprint density at radius 2 is 1.92 bits per heavy atom. The zero-order valence-electron chi connectivity index (χ0n) is 13.2. The van der Waals surface area contributed by atoms with Gasteiger partial charge in [0.2, 0.25) is 5.91 Å². The molecular weight excluding hydrogens is 326 g/mol. The summed E-state index contributed by atoms with van der Waals surface area (Å²) in [6.07, 6.45) is 1.89. The van der Waals surface area contributed by atoms with E-state index in [1.165, 1.54) is 11.8 Å². The maximum atomic E-state index is 12.1. The van der Waals surface area contributed by atoms with Gasteiger partial charge in [0.15, 0.2) is 11.6 Å². The normalized spacial score (nSPS) is 13.4. The van der Waals surface area contributed by atoms with E-state index >= 15 is 0 Å². The molecule has 1 heterocycles. The third kappa shape index (κ3) is 4.32. The van der Waals surface area contributed by atoms with Crippen molar-refractivity contribution in [2.24, 2.45) is 5.92 Å². The molecule has 1 aliphatic rings. The largest absolute Gasteiger partial charge is 0.497 e. The standard InChI is InChI=1S/C17H17N3O3S/c1-23-13-6-4-11(5-7-13)14(21)10-24-16-9-8-15(19-20-16)18-17(22)12-2-3-12/h4-9,12H,2-3,10H2,1H3,(H,18,19,22). The second-order valence-corrected chi connectivity index (χ2v) is 6.46. The van der Waals surface area contributed by atoms with E-state index in [2.05, 4.69) is 15.5 Å². The van der Waals surface area contributed by atoms with Gasteiger partial charge in [0.1, 0.15) is 10.8 Å². The Labute approximate surface area is 144 Å². The molecule has 24 heavy (non-hydrogen) atoms. The number of ketones is 1. The van der Waals surface area contributed by atoms with Gasteiger partial charge in [-0.15, -0.1) is 10.2 Å². The van der Waals surface area contributed by atoms with E-state index in [4.69, 9.17) is 4.74 Å². The first-order valence-corrected chi connectivity index (χ1v) is 8.59. The van der Waals surface area contributed by atoms with E-state index in [0.29, 0.717) is 22.2 Å². The summed E-state index contributed by atoms with van der Waals surface area (Å²) in [4.78, 5) is 23.8. The molecule has 6 nitrogen and oxygen atoms in total. The summed E-state index contributed by atoms with van der Waals surface area (Å²) >= 11 is 1.31. The number of ether oxygens (including phenoxy) is 1. The van der Waals surface area contributed by atoms with Crippen LogP contribution in [0.4, 0.5) is 5.82 Å². The van der Waals surface area contributed by atoms with Gasteiger partial charge in [-0.3, -0.25) is 9.59 Å². The Balaban J connectivity index is 1.51. The zero-order chi connectivity index (χ0) is 16.9. The van der Waals surface area contributed by atoms with E-state index in [-0.39, 0.29) is 23.4 Å². The molecule has 1 aliphatic carbocycles. The predicted molar refractivity (Wildman–Crippen MR) is 91.4 cm³/mol. The van der Waals surface area contributed by atoms with Crippen molar-refractivity contribution < 1.29 is 14.3 Å². The van der Waals surface area contributed by atoms with Crippen LogP contribution in [0.25, 0.3) is 0 Å². The number of carbonyl (C=O) groups is 2. The molecule has 0 bridgehead atoms. The summed E-state index contributed by atoms with van der Waals surface area (Å²) in [6, 6.07) is 10.5. The van der Waals surface area contributed by atoms with Crippen molar-refractivity contribution in [3.8, 4) is 5.75 Å². The first kappa shape index (κ1) is 16.4. The van der Waals surface area contributed by atoms with E-state index in [9.17, 15) is 9.59 Å².